The molecule has 0 radical (unpaired) electrons. The van der Waals surface area contributed by atoms with Gasteiger partial charge in [0.1, 0.15) is 0 Å². The summed E-state index contributed by atoms with van der Waals surface area (Å²) in [6.07, 6.45) is 6.81. The molecule has 0 N–H and O–H groups in total. The van der Waals surface area contributed by atoms with Crippen LogP contribution in [0, 0.1) is 11.3 Å². The highest BCUT2D eigenvalue weighted by Gasteiger charge is 2.35. The van der Waals surface area contributed by atoms with Gasteiger partial charge in [-0.15, -0.1) is 0 Å². The van der Waals surface area contributed by atoms with Crippen molar-refractivity contribution in [2.75, 3.05) is 11.4 Å². The number of nitrogens with zero attached hydrogens (tertiary/aromatic N) is 1. The minimum atomic E-state index is 0.255. The number of hydrogen-bond donors (Lipinski definition) is 0. The zero-order valence-electron chi connectivity index (χ0n) is 16.1. The fraction of sp³-hybridized carbons (Fsp3) is 0.727. The Bertz CT molecular complexity index is 558. The fourth-order valence-corrected chi connectivity index (χ4v) is 4.51. The third-order valence-electron chi connectivity index (χ3n) is 6.19. The summed E-state index contributed by atoms with van der Waals surface area (Å²) in [5.74, 6) is 0.874. The number of fused-ring (bicyclic) bond motifs is 1. The maximum atomic E-state index is 2.74. The highest BCUT2D eigenvalue weighted by atomic mass is 15.2. The molecular weight excluding hydrogens is 278 g/mol. The molecular formula is C22H35N. The third-order valence-corrected chi connectivity index (χ3v) is 6.19. The molecule has 1 aromatic carbocycles. The van der Waals surface area contributed by atoms with Crippen molar-refractivity contribution in [3.05, 3.63) is 29.3 Å². The molecule has 2 unspecified atom stereocenters. The molecule has 0 spiro atoms. The van der Waals surface area contributed by atoms with Gasteiger partial charge in [0.05, 0.1) is 0 Å². The van der Waals surface area contributed by atoms with E-state index in [-0.39, 0.29) is 5.41 Å². The van der Waals surface area contributed by atoms with Crippen LogP contribution >= 0.6 is 0 Å². The second kappa shape index (κ2) is 5.83. The van der Waals surface area contributed by atoms with Crippen LogP contribution < -0.4 is 4.90 Å². The van der Waals surface area contributed by atoms with Crippen molar-refractivity contribution in [1.82, 2.24) is 0 Å². The van der Waals surface area contributed by atoms with Crippen LogP contribution in [0.4, 0.5) is 5.69 Å². The molecule has 1 aliphatic carbocycles. The van der Waals surface area contributed by atoms with E-state index >= 15 is 0 Å². The number of anilines is 1. The van der Waals surface area contributed by atoms with Crippen LogP contribution in [-0.2, 0) is 11.8 Å². The predicted molar refractivity (Wildman–Crippen MR) is 101 cm³/mol. The van der Waals surface area contributed by atoms with E-state index in [0.717, 1.165) is 12.0 Å². The molecule has 0 amide bonds. The Morgan fingerprint density at radius 2 is 1.74 bits per heavy atom. The first-order chi connectivity index (χ1) is 10.7. The monoisotopic (exact) mass is 313 g/mol. The van der Waals surface area contributed by atoms with Gasteiger partial charge in [-0.3, -0.25) is 0 Å². The molecule has 1 heterocycles. The maximum Gasteiger partial charge on any atom is 0.0402 e. The molecule has 1 aromatic rings. The second-order valence-corrected chi connectivity index (χ2v) is 9.92. The van der Waals surface area contributed by atoms with E-state index in [4.69, 9.17) is 0 Å². The number of benzene rings is 1. The summed E-state index contributed by atoms with van der Waals surface area (Å²) in [4.78, 5) is 2.74. The smallest absolute Gasteiger partial charge is 0.0402 e. The summed E-state index contributed by atoms with van der Waals surface area (Å²) in [6.45, 7) is 15.4. The maximum absolute atomic E-state index is 2.74. The lowest BCUT2D eigenvalue weighted by Gasteiger charge is -2.42. The van der Waals surface area contributed by atoms with Crippen LogP contribution in [-0.4, -0.2) is 12.6 Å². The van der Waals surface area contributed by atoms with Gasteiger partial charge in [0.15, 0.2) is 0 Å². The SMILES string of the molecule is CC(C)(C)c1ccc2c(c1)CCN2C1CCCC(C(C)(C)C)C1. The molecule has 1 aliphatic heterocycles. The molecule has 128 valence electrons. The van der Waals surface area contributed by atoms with Gasteiger partial charge < -0.3 is 4.90 Å². The molecule has 1 fully saturated rings. The molecule has 2 aliphatic rings. The van der Waals surface area contributed by atoms with Crippen molar-refractivity contribution in [2.24, 2.45) is 11.3 Å². The zero-order chi connectivity index (χ0) is 16.8. The lowest BCUT2D eigenvalue weighted by atomic mass is 9.70. The van der Waals surface area contributed by atoms with Gasteiger partial charge in [-0.25, -0.2) is 0 Å². The molecule has 3 rings (SSSR count). The van der Waals surface area contributed by atoms with Gasteiger partial charge in [0.25, 0.3) is 0 Å². The van der Waals surface area contributed by atoms with E-state index < -0.39 is 0 Å². The summed E-state index contributed by atoms with van der Waals surface area (Å²) in [6, 6.07) is 8.00. The molecule has 23 heavy (non-hydrogen) atoms. The first-order valence-corrected chi connectivity index (χ1v) is 9.56. The normalized spacial score (nSPS) is 25.6. The molecule has 1 saturated carbocycles. The number of hydrogen-bond acceptors (Lipinski definition) is 1. The van der Waals surface area contributed by atoms with E-state index in [2.05, 4.69) is 64.6 Å². The average molecular weight is 314 g/mol. The highest BCUT2D eigenvalue weighted by molar-refractivity contribution is 5.60. The Morgan fingerprint density at radius 3 is 2.39 bits per heavy atom. The van der Waals surface area contributed by atoms with Gasteiger partial charge in [-0.1, -0.05) is 60.1 Å². The standard InChI is InChI=1S/C22H35N/c1-21(2,3)17-8-7-9-19(15-17)23-13-12-16-14-18(22(4,5)6)10-11-20(16)23/h10-11,14,17,19H,7-9,12-13,15H2,1-6H3. The van der Waals surface area contributed by atoms with Crippen LogP contribution in [0.3, 0.4) is 0 Å². The van der Waals surface area contributed by atoms with E-state index in [0.29, 0.717) is 5.41 Å². The Kier molecular flexibility index (Phi) is 4.27. The second-order valence-electron chi connectivity index (χ2n) is 9.92. The van der Waals surface area contributed by atoms with E-state index in [1.165, 1.54) is 49.9 Å². The van der Waals surface area contributed by atoms with Crippen molar-refractivity contribution in [3.8, 4) is 0 Å². The van der Waals surface area contributed by atoms with Gasteiger partial charge in [-0.05, 0) is 59.6 Å². The molecule has 1 nitrogen and oxygen atoms in total. The summed E-state index contributed by atoms with van der Waals surface area (Å²) in [5.41, 5.74) is 5.30. The number of rotatable bonds is 1. The van der Waals surface area contributed by atoms with Crippen molar-refractivity contribution in [2.45, 2.75) is 85.1 Å². The van der Waals surface area contributed by atoms with E-state index in [1.807, 2.05) is 0 Å². The summed E-state index contributed by atoms with van der Waals surface area (Å²) in [7, 11) is 0. The van der Waals surface area contributed by atoms with Gasteiger partial charge >= 0.3 is 0 Å². The minimum absolute atomic E-state index is 0.255. The van der Waals surface area contributed by atoms with Gasteiger partial charge in [0, 0.05) is 18.3 Å². The molecule has 0 bridgehead atoms. The Morgan fingerprint density at radius 1 is 1.00 bits per heavy atom. The molecule has 1 heteroatoms. The third kappa shape index (κ3) is 3.44. The Labute approximate surface area is 143 Å². The quantitative estimate of drug-likeness (QED) is 0.619. The van der Waals surface area contributed by atoms with E-state index in [9.17, 15) is 0 Å². The van der Waals surface area contributed by atoms with Crippen molar-refractivity contribution >= 4 is 5.69 Å². The van der Waals surface area contributed by atoms with Crippen LogP contribution in [0.15, 0.2) is 18.2 Å². The van der Waals surface area contributed by atoms with Crippen molar-refractivity contribution in [3.63, 3.8) is 0 Å². The summed E-state index contributed by atoms with van der Waals surface area (Å²) in [5, 5.41) is 0. The zero-order valence-corrected chi connectivity index (χ0v) is 16.1. The first-order valence-electron chi connectivity index (χ1n) is 9.56. The van der Waals surface area contributed by atoms with Gasteiger partial charge in [0.2, 0.25) is 0 Å². The Hall–Kier alpha value is -0.980. The largest absolute Gasteiger partial charge is 0.368 e. The molecule has 0 aromatic heterocycles. The lowest BCUT2D eigenvalue weighted by Crippen LogP contribution is -2.40. The lowest BCUT2D eigenvalue weighted by molar-refractivity contribution is 0.164. The van der Waals surface area contributed by atoms with Crippen LogP contribution in [0.1, 0.15) is 78.4 Å². The first kappa shape index (κ1) is 16.9. The predicted octanol–water partition coefficient (Wildman–Crippen LogP) is 5.95. The molecule has 2 atom stereocenters. The van der Waals surface area contributed by atoms with Crippen molar-refractivity contribution < 1.29 is 0 Å². The average Bonchev–Trinajstić information content (AvgIpc) is 2.88. The minimum Gasteiger partial charge on any atom is -0.368 e. The van der Waals surface area contributed by atoms with Crippen LogP contribution in [0.5, 0.6) is 0 Å². The van der Waals surface area contributed by atoms with Crippen LogP contribution in [0.2, 0.25) is 0 Å². The van der Waals surface area contributed by atoms with Crippen LogP contribution in [0.25, 0.3) is 0 Å². The topological polar surface area (TPSA) is 3.24 Å². The van der Waals surface area contributed by atoms with E-state index in [1.54, 1.807) is 5.56 Å². The molecule has 0 saturated heterocycles. The Balaban J connectivity index is 1.80. The summed E-state index contributed by atoms with van der Waals surface area (Å²) >= 11 is 0. The fourth-order valence-electron chi connectivity index (χ4n) is 4.51. The summed E-state index contributed by atoms with van der Waals surface area (Å²) < 4.78 is 0. The van der Waals surface area contributed by atoms with Gasteiger partial charge in [-0.2, -0.15) is 0 Å². The highest BCUT2D eigenvalue weighted by Crippen LogP contribution is 2.42. The van der Waals surface area contributed by atoms with Crippen molar-refractivity contribution in [1.29, 1.82) is 0 Å².